The van der Waals surface area contributed by atoms with Gasteiger partial charge in [0.25, 0.3) is 0 Å². The van der Waals surface area contributed by atoms with Crippen molar-refractivity contribution in [3.05, 3.63) is 36.3 Å². The maximum atomic E-state index is 13.1. The van der Waals surface area contributed by atoms with E-state index in [1.54, 1.807) is 17.0 Å². The molecule has 1 fully saturated rings. The average Bonchev–Trinajstić information content (AvgIpc) is 2.93. The molecule has 0 aromatic carbocycles. The number of hydrogen-bond acceptors (Lipinski definition) is 5. The molecule has 1 unspecified atom stereocenters. The Bertz CT molecular complexity index is 669. The highest BCUT2D eigenvalue weighted by Gasteiger charge is 2.35. The molecule has 24 heavy (non-hydrogen) atoms. The SMILES string of the molecule is Cl.Cl.NC1CCN(c2cc(C(F)(F)F)nc(-c3ccncc3)n2)C1. The van der Waals surface area contributed by atoms with E-state index >= 15 is 0 Å². The molecular weight excluding hydrogens is 366 g/mol. The molecule has 2 aromatic rings. The van der Waals surface area contributed by atoms with Crippen LogP contribution < -0.4 is 10.6 Å². The number of rotatable bonds is 2. The van der Waals surface area contributed by atoms with Crippen LogP contribution in [0.4, 0.5) is 19.0 Å². The zero-order chi connectivity index (χ0) is 15.7. The van der Waals surface area contributed by atoms with E-state index < -0.39 is 11.9 Å². The highest BCUT2D eigenvalue weighted by atomic mass is 35.5. The van der Waals surface area contributed by atoms with Gasteiger partial charge in [-0.25, -0.2) is 9.97 Å². The lowest BCUT2D eigenvalue weighted by atomic mass is 10.2. The predicted octanol–water partition coefficient (Wildman–Crippen LogP) is 2.94. The minimum absolute atomic E-state index is 0. The van der Waals surface area contributed by atoms with Gasteiger partial charge in [0.2, 0.25) is 0 Å². The molecule has 1 atom stereocenters. The van der Waals surface area contributed by atoms with Gasteiger partial charge in [0, 0.05) is 43.2 Å². The first kappa shape index (κ1) is 20.4. The lowest BCUT2D eigenvalue weighted by Crippen LogP contribution is -2.27. The monoisotopic (exact) mass is 381 g/mol. The Kier molecular flexibility index (Phi) is 6.76. The molecule has 0 saturated carbocycles. The third-order valence-corrected chi connectivity index (χ3v) is 3.49. The van der Waals surface area contributed by atoms with Crippen molar-refractivity contribution in [2.45, 2.75) is 18.6 Å². The summed E-state index contributed by atoms with van der Waals surface area (Å²) in [5.41, 5.74) is 5.36. The zero-order valence-electron chi connectivity index (χ0n) is 12.4. The maximum Gasteiger partial charge on any atom is 0.433 e. The summed E-state index contributed by atoms with van der Waals surface area (Å²) in [7, 11) is 0. The van der Waals surface area contributed by atoms with Crippen molar-refractivity contribution in [1.29, 1.82) is 0 Å². The normalized spacial score (nSPS) is 17.2. The van der Waals surface area contributed by atoms with Gasteiger partial charge >= 0.3 is 6.18 Å². The van der Waals surface area contributed by atoms with Gasteiger partial charge in [-0.15, -0.1) is 24.8 Å². The summed E-state index contributed by atoms with van der Waals surface area (Å²) in [6.07, 6.45) is -0.813. The predicted molar refractivity (Wildman–Crippen MR) is 89.6 cm³/mol. The van der Waals surface area contributed by atoms with Crippen LogP contribution in [0.5, 0.6) is 0 Å². The third kappa shape index (κ3) is 4.46. The van der Waals surface area contributed by atoms with Crippen LogP contribution in [0.1, 0.15) is 12.1 Å². The highest BCUT2D eigenvalue weighted by Crippen LogP contribution is 2.32. The molecule has 132 valence electrons. The number of hydrogen-bond donors (Lipinski definition) is 1. The van der Waals surface area contributed by atoms with Gasteiger partial charge in [0.05, 0.1) is 0 Å². The molecular formula is C14H16Cl2F3N5. The smallest absolute Gasteiger partial charge is 0.355 e. The third-order valence-electron chi connectivity index (χ3n) is 3.49. The first-order valence-electron chi connectivity index (χ1n) is 6.81. The molecule has 1 saturated heterocycles. The van der Waals surface area contributed by atoms with Crippen LogP contribution in [0.2, 0.25) is 0 Å². The number of halogens is 5. The van der Waals surface area contributed by atoms with Crippen LogP contribution in [-0.2, 0) is 6.18 Å². The van der Waals surface area contributed by atoms with Crippen LogP contribution in [0.25, 0.3) is 11.4 Å². The molecule has 2 N–H and O–H groups in total. The van der Waals surface area contributed by atoms with Gasteiger partial charge in [-0.3, -0.25) is 4.98 Å². The molecule has 0 amide bonds. The Balaban J connectivity index is 0.00000144. The Hall–Kier alpha value is -1.64. The van der Waals surface area contributed by atoms with Gasteiger partial charge < -0.3 is 10.6 Å². The van der Waals surface area contributed by atoms with E-state index in [-0.39, 0.29) is 42.5 Å². The van der Waals surface area contributed by atoms with Crippen molar-refractivity contribution >= 4 is 30.6 Å². The first-order valence-corrected chi connectivity index (χ1v) is 6.81. The van der Waals surface area contributed by atoms with E-state index in [9.17, 15) is 13.2 Å². The second kappa shape index (κ2) is 7.96. The molecule has 2 aromatic heterocycles. The van der Waals surface area contributed by atoms with E-state index in [1.165, 1.54) is 12.4 Å². The summed E-state index contributed by atoms with van der Waals surface area (Å²) in [6.45, 7) is 1.08. The topological polar surface area (TPSA) is 67.9 Å². The van der Waals surface area contributed by atoms with Gasteiger partial charge in [0.1, 0.15) is 5.82 Å². The molecule has 0 radical (unpaired) electrons. The molecule has 3 heterocycles. The van der Waals surface area contributed by atoms with E-state index in [0.29, 0.717) is 18.7 Å². The highest BCUT2D eigenvalue weighted by molar-refractivity contribution is 5.85. The van der Waals surface area contributed by atoms with Crippen molar-refractivity contribution in [2.24, 2.45) is 5.73 Å². The zero-order valence-corrected chi connectivity index (χ0v) is 14.0. The molecule has 10 heteroatoms. The van der Waals surface area contributed by atoms with Crippen LogP contribution in [-0.4, -0.2) is 34.1 Å². The first-order chi connectivity index (χ1) is 10.4. The number of nitrogens with zero attached hydrogens (tertiary/aromatic N) is 4. The lowest BCUT2D eigenvalue weighted by Gasteiger charge is -2.19. The van der Waals surface area contributed by atoms with Crippen molar-refractivity contribution in [1.82, 2.24) is 15.0 Å². The fourth-order valence-corrected chi connectivity index (χ4v) is 2.37. The number of pyridine rings is 1. The summed E-state index contributed by atoms with van der Waals surface area (Å²) in [5.74, 6) is 0.287. The Morgan fingerprint density at radius 3 is 2.33 bits per heavy atom. The molecule has 1 aliphatic heterocycles. The molecule has 0 aliphatic carbocycles. The summed E-state index contributed by atoms with van der Waals surface area (Å²) in [5, 5.41) is 0. The van der Waals surface area contributed by atoms with Gasteiger partial charge in [-0.2, -0.15) is 13.2 Å². The van der Waals surface area contributed by atoms with E-state index in [0.717, 1.165) is 12.5 Å². The van der Waals surface area contributed by atoms with Crippen molar-refractivity contribution in [2.75, 3.05) is 18.0 Å². The summed E-state index contributed by atoms with van der Waals surface area (Å²) in [4.78, 5) is 13.5. The molecule has 5 nitrogen and oxygen atoms in total. The second-order valence-electron chi connectivity index (χ2n) is 5.16. The van der Waals surface area contributed by atoms with E-state index in [4.69, 9.17) is 5.73 Å². The summed E-state index contributed by atoms with van der Waals surface area (Å²) >= 11 is 0. The summed E-state index contributed by atoms with van der Waals surface area (Å²) < 4.78 is 39.2. The minimum atomic E-state index is -4.53. The van der Waals surface area contributed by atoms with Gasteiger partial charge in [0.15, 0.2) is 11.5 Å². The standard InChI is InChI=1S/C14H14F3N5.2ClH/c15-14(16,17)11-7-12(22-6-3-10(18)8-22)21-13(20-11)9-1-4-19-5-2-9;;/h1-2,4-5,7,10H,3,6,8,18H2;2*1H. The van der Waals surface area contributed by atoms with Gasteiger partial charge in [-0.1, -0.05) is 0 Å². The molecule has 3 rings (SSSR count). The van der Waals surface area contributed by atoms with Crippen molar-refractivity contribution in [3.8, 4) is 11.4 Å². The second-order valence-corrected chi connectivity index (χ2v) is 5.16. The Labute approximate surface area is 149 Å². The Morgan fingerprint density at radius 2 is 1.79 bits per heavy atom. The number of alkyl halides is 3. The molecule has 0 bridgehead atoms. The average molecular weight is 382 g/mol. The van der Waals surface area contributed by atoms with E-state index in [2.05, 4.69) is 15.0 Å². The summed E-state index contributed by atoms with van der Waals surface area (Å²) in [6, 6.07) is 4.08. The Morgan fingerprint density at radius 1 is 1.12 bits per heavy atom. The van der Waals surface area contributed by atoms with Crippen molar-refractivity contribution in [3.63, 3.8) is 0 Å². The fourth-order valence-electron chi connectivity index (χ4n) is 2.37. The van der Waals surface area contributed by atoms with E-state index in [1.807, 2.05) is 0 Å². The quantitative estimate of drug-likeness (QED) is 0.865. The van der Waals surface area contributed by atoms with Crippen LogP contribution in [0.15, 0.2) is 30.6 Å². The van der Waals surface area contributed by atoms with Crippen LogP contribution >= 0.6 is 24.8 Å². The molecule has 0 spiro atoms. The van der Waals surface area contributed by atoms with Crippen LogP contribution in [0, 0.1) is 0 Å². The minimum Gasteiger partial charge on any atom is -0.355 e. The molecule has 1 aliphatic rings. The fraction of sp³-hybridized carbons (Fsp3) is 0.357. The van der Waals surface area contributed by atoms with Gasteiger partial charge in [-0.05, 0) is 18.6 Å². The largest absolute Gasteiger partial charge is 0.433 e. The van der Waals surface area contributed by atoms with Crippen molar-refractivity contribution < 1.29 is 13.2 Å². The number of aromatic nitrogens is 3. The number of nitrogens with two attached hydrogens (primary N) is 1. The van der Waals surface area contributed by atoms with Crippen LogP contribution in [0.3, 0.4) is 0 Å². The number of anilines is 1. The maximum absolute atomic E-state index is 13.1. The lowest BCUT2D eigenvalue weighted by molar-refractivity contribution is -0.141.